The predicted octanol–water partition coefficient (Wildman–Crippen LogP) is 1.92. The van der Waals surface area contributed by atoms with Gasteiger partial charge in [-0.15, -0.1) is 10.2 Å². The summed E-state index contributed by atoms with van der Waals surface area (Å²) in [6, 6.07) is 12.0. The number of aromatic amines is 1. The number of para-hydroxylation sites is 1. The van der Waals surface area contributed by atoms with Crippen LogP contribution >= 0.6 is 0 Å². The quantitative estimate of drug-likeness (QED) is 0.416. The average molecular weight is 363 g/mol. The molecular weight excluding hydrogens is 346 g/mol. The number of nitrogens with one attached hydrogen (secondary N) is 4. The highest BCUT2D eigenvalue weighted by Gasteiger charge is 2.17. The third kappa shape index (κ3) is 3.17. The molecule has 4 N–H and O–H groups in total. The average Bonchev–Trinajstić information content (AvgIpc) is 3.30. The summed E-state index contributed by atoms with van der Waals surface area (Å²) >= 11 is 0. The Morgan fingerprint density at radius 2 is 1.89 bits per heavy atom. The van der Waals surface area contributed by atoms with E-state index in [2.05, 4.69) is 31.3 Å². The van der Waals surface area contributed by atoms with Gasteiger partial charge in [-0.2, -0.15) is 0 Å². The summed E-state index contributed by atoms with van der Waals surface area (Å²) < 4.78 is 1.79. The summed E-state index contributed by atoms with van der Waals surface area (Å²) in [5, 5.41) is 11.6. The minimum Gasteiger partial charge on any atom is -0.360 e. The second-order valence-electron chi connectivity index (χ2n) is 6.01. The van der Waals surface area contributed by atoms with Gasteiger partial charge >= 0.3 is 6.03 Å². The van der Waals surface area contributed by atoms with Crippen molar-refractivity contribution in [2.45, 2.75) is 13.0 Å². The van der Waals surface area contributed by atoms with Gasteiger partial charge in [-0.05, 0) is 25.1 Å². The highest BCUT2D eigenvalue weighted by atomic mass is 16.2. The van der Waals surface area contributed by atoms with Gasteiger partial charge in [0.2, 0.25) is 0 Å². The second-order valence-corrected chi connectivity index (χ2v) is 6.01. The molecule has 0 radical (unpaired) electrons. The molecule has 0 aliphatic heterocycles. The second kappa shape index (κ2) is 6.79. The lowest BCUT2D eigenvalue weighted by molar-refractivity contribution is 0.0937. The number of carbonyl (C=O) groups is 2. The van der Waals surface area contributed by atoms with Crippen LogP contribution in [0, 0.1) is 0 Å². The van der Waals surface area contributed by atoms with E-state index < -0.39 is 18.0 Å². The minimum atomic E-state index is -0.552. The lowest BCUT2D eigenvalue weighted by Gasteiger charge is -2.13. The van der Waals surface area contributed by atoms with E-state index in [9.17, 15) is 9.59 Å². The van der Waals surface area contributed by atoms with Gasteiger partial charge in [0.15, 0.2) is 11.5 Å². The highest BCUT2D eigenvalue weighted by molar-refractivity contribution is 6.07. The number of carbonyl (C=O) groups excluding carboxylic acids is 2. The maximum absolute atomic E-state index is 12.3. The summed E-state index contributed by atoms with van der Waals surface area (Å²) in [5.41, 5.74) is 6.74. The van der Waals surface area contributed by atoms with Gasteiger partial charge in [0, 0.05) is 23.3 Å². The number of fused-ring (bicyclic) bond motifs is 2. The van der Waals surface area contributed by atoms with Gasteiger partial charge in [-0.3, -0.25) is 14.6 Å². The highest BCUT2D eigenvalue weighted by Crippen LogP contribution is 2.17. The van der Waals surface area contributed by atoms with E-state index in [1.165, 1.54) is 0 Å². The molecule has 3 amide bonds. The van der Waals surface area contributed by atoms with Gasteiger partial charge < -0.3 is 10.3 Å². The Kier molecular flexibility index (Phi) is 4.17. The fraction of sp³-hybridized carbons (Fsp3) is 0.111. The molecule has 4 rings (SSSR count). The smallest absolute Gasteiger partial charge is 0.334 e. The standard InChI is InChI=1S/C18H17N7O2/c1-11(16-22-21-15-8-4-5-9-25(15)16)20-18(27)24-23-17(26)13-10-19-14-7-3-2-6-12(13)14/h2-11,19H,1H3,(H,23,26)(H2,20,24,27). The first-order chi connectivity index (χ1) is 13.1. The molecule has 1 atom stereocenters. The molecule has 4 aromatic rings. The molecule has 0 spiro atoms. The van der Waals surface area contributed by atoms with Crippen LogP contribution < -0.4 is 16.2 Å². The molecule has 3 heterocycles. The van der Waals surface area contributed by atoms with Crippen molar-refractivity contribution in [1.29, 1.82) is 0 Å². The first-order valence-corrected chi connectivity index (χ1v) is 8.36. The normalized spacial score (nSPS) is 12.0. The van der Waals surface area contributed by atoms with Crippen LogP contribution in [0.1, 0.15) is 29.1 Å². The Labute approximate surface area is 153 Å². The van der Waals surface area contributed by atoms with Crippen molar-refractivity contribution in [3.8, 4) is 0 Å². The first kappa shape index (κ1) is 16.6. The van der Waals surface area contributed by atoms with Gasteiger partial charge in [-0.25, -0.2) is 10.2 Å². The topological polar surface area (TPSA) is 116 Å². The van der Waals surface area contributed by atoms with E-state index in [0.717, 1.165) is 10.9 Å². The third-order valence-corrected chi connectivity index (χ3v) is 4.20. The van der Waals surface area contributed by atoms with Crippen molar-refractivity contribution < 1.29 is 9.59 Å². The van der Waals surface area contributed by atoms with Crippen LogP contribution in [0.4, 0.5) is 4.79 Å². The molecule has 9 nitrogen and oxygen atoms in total. The Morgan fingerprint density at radius 3 is 2.78 bits per heavy atom. The van der Waals surface area contributed by atoms with E-state index in [1.807, 2.05) is 48.7 Å². The van der Waals surface area contributed by atoms with E-state index >= 15 is 0 Å². The lowest BCUT2D eigenvalue weighted by Crippen LogP contribution is -2.47. The van der Waals surface area contributed by atoms with Crippen LogP contribution in [0.25, 0.3) is 16.6 Å². The Hall–Kier alpha value is -3.88. The summed E-state index contributed by atoms with van der Waals surface area (Å²) in [5.74, 6) is 0.173. The zero-order valence-corrected chi connectivity index (χ0v) is 14.4. The zero-order valence-electron chi connectivity index (χ0n) is 14.4. The monoisotopic (exact) mass is 363 g/mol. The number of hydrogen-bond acceptors (Lipinski definition) is 4. The summed E-state index contributed by atoms with van der Waals surface area (Å²) in [6.45, 7) is 1.78. The van der Waals surface area contributed by atoms with Crippen molar-refractivity contribution in [1.82, 2.24) is 35.8 Å². The van der Waals surface area contributed by atoms with Crippen LogP contribution in [0.15, 0.2) is 54.9 Å². The van der Waals surface area contributed by atoms with Crippen LogP contribution in [0.3, 0.4) is 0 Å². The van der Waals surface area contributed by atoms with Gasteiger partial charge in [-0.1, -0.05) is 24.3 Å². The molecule has 0 fully saturated rings. The molecule has 0 saturated carbocycles. The van der Waals surface area contributed by atoms with Crippen LogP contribution in [0.5, 0.6) is 0 Å². The van der Waals surface area contributed by atoms with Crippen molar-refractivity contribution >= 4 is 28.5 Å². The number of pyridine rings is 1. The number of nitrogens with zero attached hydrogens (tertiary/aromatic N) is 3. The number of hydrogen-bond donors (Lipinski definition) is 4. The van der Waals surface area contributed by atoms with Gasteiger partial charge in [0.05, 0.1) is 11.6 Å². The SMILES string of the molecule is CC(NC(=O)NNC(=O)c1c[nH]c2ccccc12)c1nnc2ccccn12. The lowest BCUT2D eigenvalue weighted by atomic mass is 10.2. The first-order valence-electron chi connectivity index (χ1n) is 8.36. The summed E-state index contributed by atoms with van der Waals surface area (Å²) in [7, 11) is 0. The van der Waals surface area contributed by atoms with Crippen LogP contribution in [-0.2, 0) is 0 Å². The summed E-state index contributed by atoms with van der Waals surface area (Å²) in [6.07, 6.45) is 3.42. The molecule has 9 heteroatoms. The van der Waals surface area contributed by atoms with E-state index in [-0.39, 0.29) is 0 Å². The van der Waals surface area contributed by atoms with E-state index in [1.54, 1.807) is 17.5 Å². The molecule has 3 aromatic heterocycles. The van der Waals surface area contributed by atoms with Crippen molar-refractivity contribution in [3.63, 3.8) is 0 Å². The molecule has 0 aliphatic carbocycles. The minimum absolute atomic E-state index is 0.410. The largest absolute Gasteiger partial charge is 0.360 e. The van der Waals surface area contributed by atoms with Gasteiger partial charge in [0.25, 0.3) is 5.91 Å². The number of amides is 3. The van der Waals surface area contributed by atoms with E-state index in [4.69, 9.17) is 0 Å². The van der Waals surface area contributed by atoms with E-state index in [0.29, 0.717) is 17.0 Å². The molecule has 0 aliphatic rings. The number of rotatable bonds is 3. The number of hydrazine groups is 1. The fourth-order valence-corrected chi connectivity index (χ4v) is 2.89. The third-order valence-electron chi connectivity index (χ3n) is 4.20. The molecule has 136 valence electrons. The van der Waals surface area contributed by atoms with Crippen LogP contribution in [0.2, 0.25) is 0 Å². The Bertz CT molecular complexity index is 1130. The predicted molar refractivity (Wildman–Crippen MR) is 98.8 cm³/mol. The molecule has 1 aromatic carbocycles. The maximum Gasteiger partial charge on any atom is 0.334 e. The number of benzene rings is 1. The molecule has 27 heavy (non-hydrogen) atoms. The van der Waals surface area contributed by atoms with Gasteiger partial charge in [0.1, 0.15) is 0 Å². The Morgan fingerprint density at radius 1 is 1.07 bits per heavy atom. The summed E-state index contributed by atoms with van der Waals surface area (Å²) in [4.78, 5) is 27.5. The molecular formula is C18H17N7O2. The number of H-pyrrole nitrogens is 1. The maximum atomic E-state index is 12.3. The fourth-order valence-electron chi connectivity index (χ4n) is 2.89. The molecule has 0 bridgehead atoms. The van der Waals surface area contributed by atoms with Crippen molar-refractivity contribution in [3.05, 3.63) is 66.2 Å². The van der Waals surface area contributed by atoms with Crippen molar-refractivity contribution in [2.24, 2.45) is 0 Å². The molecule has 0 saturated heterocycles. The number of aromatic nitrogens is 4. The number of urea groups is 1. The zero-order chi connectivity index (χ0) is 18.8. The molecule has 1 unspecified atom stereocenters. The van der Waals surface area contributed by atoms with Crippen molar-refractivity contribution in [2.75, 3.05) is 0 Å². The van der Waals surface area contributed by atoms with Crippen LogP contribution in [-0.4, -0.2) is 31.5 Å². The Balaban J connectivity index is 1.38.